The van der Waals surface area contributed by atoms with Crippen molar-refractivity contribution in [3.63, 3.8) is 0 Å². The molecular formula is C11H13BrN4O2. The summed E-state index contributed by atoms with van der Waals surface area (Å²) in [7, 11) is 0. The van der Waals surface area contributed by atoms with E-state index in [0.29, 0.717) is 17.4 Å². The molecular weight excluding hydrogens is 300 g/mol. The van der Waals surface area contributed by atoms with Crippen LogP contribution in [0.15, 0.2) is 16.7 Å². The number of nitrogens with two attached hydrogens (primary N) is 1. The summed E-state index contributed by atoms with van der Waals surface area (Å²) in [6.07, 6.45) is 3.00. The second-order valence-electron chi connectivity index (χ2n) is 4.05. The number of hydrogen-bond acceptors (Lipinski definition) is 4. The Morgan fingerprint density at radius 3 is 3.11 bits per heavy atom. The lowest BCUT2D eigenvalue weighted by Gasteiger charge is -2.22. The fourth-order valence-electron chi connectivity index (χ4n) is 1.78. The van der Waals surface area contributed by atoms with Crippen LogP contribution in [0.3, 0.4) is 0 Å². The van der Waals surface area contributed by atoms with Gasteiger partial charge in [-0.15, -0.1) is 0 Å². The standard InChI is InChI=1S/C11H13BrN4O2/c12-6-4-7(9(13)15-5-6)10(17)16-8-2-1-3-14-11(8)18/h4-5,8H,1-3H2,(H2,13,15)(H,14,18)(H,16,17). The zero-order valence-corrected chi connectivity index (χ0v) is 11.2. The number of nitrogen functional groups attached to an aromatic ring is 1. The minimum Gasteiger partial charge on any atom is -0.383 e. The van der Waals surface area contributed by atoms with Gasteiger partial charge in [-0.05, 0) is 34.8 Å². The molecule has 1 aromatic heterocycles. The molecule has 2 rings (SSSR count). The van der Waals surface area contributed by atoms with Gasteiger partial charge < -0.3 is 16.4 Å². The van der Waals surface area contributed by atoms with E-state index >= 15 is 0 Å². The van der Waals surface area contributed by atoms with Crippen LogP contribution in [0.1, 0.15) is 23.2 Å². The van der Waals surface area contributed by atoms with Crippen LogP contribution < -0.4 is 16.4 Å². The second-order valence-corrected chi connectivity index (χ2v) is 4.96. The first-order valence-electron chi connectivity index (χ1n) is 5.57. The van der Waals surface area contributed by atoms with E-state index in [0.717, 1.165) is 6.42 Å². The number of aromatic nitrogens is 1. The van der Waals surface area contributed by atoms with Crippen molar-refractivity contribution in [2.24, 2.45) is 0 Å². The molecule has 1 unspecified atom stereocenters. The molecule has 1 aliphatic heterocycles. The van der Waals surface area contributed by atoms with Crippen molar-refractivity contribution in [3.8, 4) is 0 Å². The molecule has 1 aromatic rings. The Bertz CT molecular complexity index is 492. The van der Waals surface area contributed by atoms with Crippen LogP contribution in [0.5, 0.6) is 0 Å². The maximum Gasteiger partial charge on any atom is 0.255 e. The predicted molar refractivity (Wildman–Crippen MR) is 69.8 cm³/mol. The molecule has 0 aromatic carbocycles. The highest BCUT2D eigenvalue weighted by Gasteiger charge is 2.24. The molecule has 1 fully saturated rings. The normalized spacial score (nSPS) is 19.2. The first kappa shape index (κ1) is 12.8. The van der Waals surface area contributed by atoms with Gasteiger partial charge in [-0.2, -0.15) is 0 Å². The first-order chi connectivity index (χ1) is 8.58. The summed E-state index contributed by atoms with van der Waals surface area (Å²) in [4.78, 5) is 27.4. The quantitative estimate of drug-likeness (QED) is 0.738. The highest BCUT2D eigenvalue weighted by atomic mass is 79.9. The van der Waals surface area contributed by atoms with E-state index < -0.39 is 6.04 Å². The maximum atomic E-state index is 12.0. The third-order valence-corrected chi connectivity index (χ3v) is 3.15. The Morgan fingerprint density at radius 2 is 2.39 bits per heavy atom. The van der Waals surface area contributed by atoms with Crippen LogP contribution in [-0.2, 0) is 4.79 Å². The largest absolute Gasteiger partial charge is 0.383 e. The third-order valence-electron chi connectivity index (χ3n) is 2.72. The van der Waals surface area contributed by atoms with Crippen molar-refractivity contribution in [1.82, 2.24) is 15.6 Å². The first-order valence-corrected chi connectivity index (χ1v) is 6.37. The summed E-state index contributed by atoms with van der Waals surface area (Å²) in [5.41, 5.74) is 5.90. The Morgan fingerprint density at radius 1 is 1.61 bits per heavy atom. The second kappa shape index (κ2) is 5.34. The zero-order valence-electron chi connectivity index (χ0n) is 9.57. The summed E-state index contributed by atoms with van der Waals surface area (Å²) in [6, 6.07) is 1.09. The van der Waals surface area contributed by atoms with Crippen molar-refractivity contribution in [2.45, 2.75) is 18.9 Å². The van der Waals surface area contributed by atoms with Gasteiger partial charge in [-0.3, -0.25) is 9.59 Å². The van der Waals surface area contributed by atoms with E-state index in [2.05, 4.69) is 31.5 Å². The number of nitrogens with one attached hydrogen (secondary N) is 2. The van der Waals surface area contributed by atoms with Crippen LogP contribution >= 0.6 is 15.9 Å². The highest BCUT2D eigenvalue weighted by molar-refractivity contribution is 9.10. The molecule has 7 heteroatoms. The van der Waals surface area contributed by atoms with Gasteiger partial charge in [0.15, 0.2) is 0 Å². The molecule has 6 nitrogen and oxygen atoms in total. The lowest BCUT2D eigenvalue weighted by Crippen LogP contribution is -2.50. The number of rotatable bonds is 2. The molecule has 1 aliphatic rings. The van der Waals surface area contributed by atoms with Gasteiger partial charge in [0.25, 0.3) is 5.91 Å². The van der Waals surface area contributed by atoms with Crippen molar-refractivity contribution in [1.29, 1.82) is 0 Å². The number of carbonyl (C=O) groups excluding carboxylic acids is 2. The van der Waals surface area contributed by atoms with Gasteiger partial charge in [0.1, 0.15) is 11.9 Å². The number of hydrogen-bond donors (Lipinski definition) is 3. The zero-order chi connectivity index (χ0) is 13.1. The van der Waals surface area contributed by atoms with Gasteiger partial charge in [-0.1, -0.05) is 0 Å². The number of nitrogens with zero attached hydrogens (tertiary/aromatic N) is 1. The average molecular weight is 313 g/mol. The number of amides is 2. The minimum absolute atomic E-state index is 0.145. The Kier molecular flexibility index (Phi) is 3.81. The highest BCUT2D eigenvalue weighted by Crippen LogP contribution is 2.16. The molecule has 0 aliphatic carbocycles. The van der Waals surface area contributed by atoms with Crippen molar-refractivity contribution < 1.29 is 9.59 Å². The monoisotopic (exact) mass is 312 g/mol. The SMILES string of the molecule is Nc1ncc(Br)cc1C(=O)NC1CCCNC1=O. The van der Waals surface area contributed by atoms with Crippen LogP contribution in [0, 0.1) is 0 Å². The summed E-state index contributed by atoms with van der Waals surface area (Å²) in [6.45, 7) is 0.659. The Labute approximate surface area is 112 Å². The molecule has 0 radical (unpaired) electrons. The minimum atomic E-state index is -0.496. The smallest absolute Gasteiger partial charge is 0.255 e. The molecule has 1 saturated heterocycles. The van der Waals surface area contributed by atoms with Crippen molar-refractivity contribution >= 4 is 33.6 Å². The molecule has 96 valence electrons. The summed E-state index contributed by atoms with van der Waals surface area (Å²) in [5.74, 6) is -0.397. The maximum absolute atomic E-state index is 12.0. The molecule has 0 saturated carbocycles. The molecule has 2 heterocycles. The fraction of sp³-hybridized carbons (Fsp3) is 0.364. The van der Waals surface area contributed by atoms with Gasteiger partial charge in [0, 0.05) is 17.2 Å². The van der Waals surface area contributed by atoms with Crippen LogP contribution in [0.2, 0.25) is 0 Å². The number of pyridine rings is 1. The van der Waals surface area contributed by atoms with Gasteiger partial charge in [0.2, 0.25) is 5.91 Å². The van der Waals surface area contributed by atoms with Crippen molar-refractivity contribution in [3.05, 3.63) is 22.3 Å². The lowest BCUT2D eigenvalue weighted by atomic mass is 10.1. The number of anilines is 1. The number of piperidine rings is 1. The molecule has 1 atom stereocenters. The Hall–Kier alpha value is -1.63. The summed E-state index contributed by atoms with van der Waals surface area (Å²) < 4.78 is 0.662. The summed E-state index contributed by atoms with van der Waals surface area (Å²) in [5, 5.41) is 5.37. The topological polar surface area (TPSA) is 97.1 Å². The van der Waals surface area contributed by atoms with E-state index in [1.807, 2.05) is 0 Å². The molecule has 2 amide bonds. The average Bonchev–Trinajstić information content (AvgIpc) is 2.35. The van der Waals surface area contributed by atoms with Crippen molar-refractivity contribution in [2.75, 3.05) is 12.3 Å². The van der Waals surface area contributed by atoms with E-state index in [1.165, 1.54) is 6.20 Å². The van der Waals surface area contributed by atoms with E-state index in [-0.39, 0.29) is 23.2 Å². The van der Waals surface area contributed by atoms with Gasteiger partial charge in [-0.25, -0.2) is 4.98 Å². The lowest BCUT2D eigenvalue weighted by molar-refractivity contribution is -0.124. The van der Waals surface area contributed by atoms with Crippen LogP contribution in [0.25, 0.3) is 0 Å². The summed E-state index contributed by atoms with van der Waals surface area (Å²) >= 11 is 3.22. The number of carbonyl (C=O) groups is 2. The van der Waals surface area contributed by atoms with Gasteiger partial charge in [0.05, 0.1) is 5.56 Å². The third kappa shape index (κ3) is 2.79. The van der Waals surface area contributed by atoms with Crippen LogP contribution in [0.4, 0.5) is 5.82 Å². The van der Waals surface area contributed by atoms with E-state index in [4.69, 9.17) is 5.73 Å². The molecule has 0 bridgehead atoms. The number of halogens is 1. The molecule has 18 heavy (non-hydrogen) atoms. The molecule has 4 N–H and O–H groups in total. The van der Waals surface area contributed by atoms with Crippen LogP contribution in [-0.4, -0.2) is 29.4 Å². The van der Waals surface area contributed by atoms with E-state index in [9.17, 15) is 9.59 Å². The fourth-order valence-corrected chi connectivity index (χ4v) is 2.11. The predicted octanol–water partition coefficient (Wildman–Crippen LogP) is 0.435. The Balaban J connectivity index is 2.11. The molecule has 0 spiro atoms. The van der Waals surface area contributed by atoms with Gasteiger partial charge >= 0.3 is 0 Å². The van der Waals surface area contributed by atoms with E-state index in [1.54, 1.807) is 6.07 Å².